The van der Waals surface area contributed by atoms with Crippen molar-refractivity contribution in [2.24, 2.45) is 5.73 Å². The molecule has 0 radical (unpaired) electrons. The highest BCUT2D eigenvalue weighted by atomic mass is 31.2. The lowest BCUT2D eigenvalue weighted by atomic mass is 10.1. The maximum absolute atomic E-state index is 12.6. The van der Waals surface area contributed by atoms with Crippen molar-refractivity contribution in [3.05, 3.63) is 24.3 Å². The molecule has 0 rings (SSSR count). The number of phosphoric ester groups is 1. The fraction of sp³-hybridized carbons (Fsp3) is 0.860. The van der Waals surface area contributed by atoms with Gasteiger partial charge in [-0.05, 0) is 64.2 Å². The van der Waals surface area contributed by atoms with Crippen LogP contribution in [0.25, 0.3) is 0 Å². The van der Waals surface area contributed by atoms with E-state index in [0.29, 0.717) is 6.42 Å². The van der Waals surface area contributed by atoms with Gasteiger partial charge < -0.3 is 20.1 Å². The first-order chi connectivity index (χ1) is 25.8. The Morgan fingerprint density at radius 2 is 0.925 bits per heavy atom. The van der Waals surface area contributed by atoms with Crippen LogP contribution in [0.2, 0.25) is 0 Å². The molecule has 3 N–H and O–H groups in total. The predicted octanol–water partition coefficient (Wildman–Crippen LogP) is 12.4. The number of esters is 2. The molecule has 0 aromatic rings. The third-order valence-corrected chi connectivity index (χ3v) is 10.3. The average molecular weight is 772 g/mol. The van der Waals surface area contributed by atoms with Gasteiger partial charge in [0.25, 0.3) is 0 Å². The van der Waals surface area contributed by atoms with Crippen molar-refractivity contribution in [1.29, 1.82) is 0 Å². The molecular formula is C43H82NO8P. The first-order valence-corrected chi connectivity index (χ1v) is 23.3. The number of hydrogen-bond acceptors (Lipinski definition) is 8. The van der Waals surface area contributed by atoms with E-state index in [-0.39, 0.29) is 38.6 Å². The first kappa shape index (κ1) is 51.5. The number of ether oxygens (including phenoxy) is 2. The summed E-state index contributed by atoms with van der Waals surface area (Å²) >= 11 is 0. The second-order valence-corrected chi connectivity index (χ2v) is 16.0. The molecule has 312 valence electrons. The SMILES string of the molecule is CCCCCCC=CCCCCCCCC(=O)OC[C@H](COP(=O)(O)OCCN)OC(=O)CCCCCCCCCCCC=CCCCCCCCC. The number of hydrogen-bond donors (Lipinski definition) is 2. The average Bonchev–Trinajstić information content (AvgIpc) is 3.14. The van der Waals surface area contributed by atoms with Gasteiger partial charge in [0.1, 0.15) is 6.61 Å². The molecule has 53 heavy (non-hydrogen) atoms. The van der Waals surface area contributed by atoms with Gasteiger partial charge in [0, 0.05) is 19.4 Å². The molecule has 0 saturated carbocycles. The minimum absolute atomic E-state index is 0.0530. The Bertz CT molecular complexity index is 928. The van der Waals surface area contributed by atoms with Gasteiger partial charge in [-0.15, -0.1) is 0 Å². The van der Waals surface area contributed by atoms with E-state index in [2.05, 4.69) is 38.2 Å². The van der Waals surface area contributed by atoms with Gasteiger partial charge in [0.15, 0.2) is 6.10 Å². The molecule has 0 saturated heterocycles. The van der Waals surface area contributed by atoms with E-state index in [0.717, 1.165) is 57.8 Å². The van der Waals surface area contributed by atoms with Crippen molar-refractivity contribution in [2.45, 2.75) is 213 Å². The number of phosphoric acid groups is 1. The molecule has 0 heterocycles. The quantitative estimate of drug-likeness (QED) is 0.0269. The van der Waals surface area contributed by atoms with Gasteiger partial charge in [-0.3, -0.25) is 18.6 Å². The van der Waals surface area contributed by atoms with Crippen LogP contribution in [-0.4, -0.2) is 49.3 Å². The van der Waals surface area contributed by atoms with E-state index in [1.165, 1.54) is 116 Å². The van der Waals surface area contributed by atoms with Gasteiger partial charge in [-0.25, -0.2) is 4.57 Å². The summed E-state index contributed by atoms with van der Waals surface area (Å²) in [5.41, 5.74) is 5.34. The molecule has 0 aliphatic heterocycles. The second-order valence-electron chi connectivity index (χ2n) is 14.6. The van der Waals surface area contributed by atoms with Crippen molar-refractivity contribution < 1.29 is 37.6 Å². The zero-order valence-electron chi connectivity index (χ0n) is 34.3. The molecule has 1 unspecified atom stereocenters. The Labute approximate surface area is 325 Å². The van der Waals surface area contributed by atoms with Crippen LogP contribution in [0.4, 0.5) is 0 Å². The molecule has 2 atom stereocenters. The Kier molecular flexibility index (Phi) is 39.0. The van der Waals surface area contributed by atoms with Crippen LogP contribution in [-0.2, 0) is 32.7 Å². The van der Waals surface area contributed by atoms with Crippen molar-refractivity contribution in [1.82, 2.24) is 0 Å². The first-order valence-electron chi connectivity index (χ1n) is 21.8. The monoisotopic (exact) mass is 772 g/mol. The molecule has 0 amide bonds. The van der Waals surface area contributed by atoms with Crippen LogP contribution < -0.4 is 5.73 Å². The molecule has 0 fully saturated rings. The van der Waals surface area contributed by atoms with Crippen molar-refractivity contribution in [3.8, 4) is 0 Å². The fourth-order valence-electron chi connectivity index (χ4n) is 6.04. The Morgan fingerprint density at radius 1 is 0.547 bits per heavy atom. The highest BCUT2D eigenvalue weighted by molar-refractivity contribution is 7.47. The lowest BCUT2D eigenvalue weighted by molar-refractivity contribution is -0.161. The molecule has 0 aromatic heterocycles. The van der Waals surface area contributed by atoms with E-state index < -0.39 is 26.5 Å². The van der Waals surface area contributed by atoms with E-state index in [1.807, 2.05) is 0 Å². The van der Waals surface area contributed by atoms with Crippen LogP contribution in [0, 0.1) is 0 Å². The summed E-state index contributed by atoms with van der Waals surface area (Å²) in [5.74, 6) is -0.836. The van der Waals surface area contributed by atoms with Crippen molar-refractivity contribution >= 4 is 19.8 Å². The number of unbranched alkanes of at least 4 members (excludes halogenated alkanes) is 24. The fourth-order valence-corrected chi connectivity index (χ4v) is 6.80. The van der Waals surface area contributed by atoms with E-state index in [4.69, 9.17) is 24.3 Å². The third kappa shape index (κ3) is 40.0. The van der Waals surface area contributed by atoms with Crippen LogP contribution >= 0.6 is 7.82 Å². The molecule has 0 aliphatic carbocycles. The normalized spacial score (nSPS) is 13.5. The summed E-state index contributed by atoms with van der Waals surface area (Å²) < 4.78 is 32.8. The highest BCUT2D eigenvalue weighted by Crippen LogP contribution is 2.43. The van der Waals surface area contributed by atoms with Crippen molar-refractivity contribution in [3.63, 3.8) is 0 Å². The molecule has 10 heteroatoms. The molecular weight excluding hydrogens is 689 g/mol. The van der Waals surface area contributed by atoms with Gasteiger partial charge in [0.2, 0.25) is 0 Å². The van der Waals surface area contributed by atoms with Gasteiger partial charge in [-0.1, -0.05) is 154 Å². The Balaban J connectivity index is 4.13. The van der Waals surface area contributed by atoms with Crippen LogP contribution in [0.15, 0.2) is 24.3 Å². The zero-order chi connectivity index (χ0) is 38.9. The van der Waals surface area contributed by atoms with Crippen LogP contribution in [0.5, 0.6) is 0 Å². The molecule has 9 nitrogen and oxygen atoms in total. The van der Waals surface area contributed by atoms with E-state index in [9.17, 15) is 19.0 Å². The number of allylic oxidation sites excluding steroid dienone is 4. The minimum Gasteiger partial charge on any atom is -0.462 e. The maximum Gasteiger partial charge on any atom is 0.472 e. The van der Waals surface area contributed by atoms with Gasteiger partial charge in [0.05, 0.1) is 13.2 Å². The smallest absolute Gasteiger partial charge is 0.462 e. The molecule has 0 spiro atoms. The van der Waals surface area contributed by atoms with E-state index >= 15 is 0 Å². The largest absolute Gasteiger partial charge is 0.472 e. The summed E-state index contributed by atoms with van der Waals surface area (Å²) in [6.45, 7) is 3.71. The van der Waals surface area contributed by atoms with E-state index in [1.54, 1.807) is 0 Å². The third-order valence-electron chi connectivity index (χ3n) is 9.31. The van der Waals surface area contributed by atoms with Gasteiger partial charge >= 0.3 is 19.8 Å². The lowest BCUT2D eigenvalue weighted by Crippen LogP contribution is -2.29. The number of carbonyl (C=O) groups is 2. The minimum atomic E-state index is -4.37. The molecule has 0 aromatic carbocycles. The van der Waals surface area contributed by atoms with Crippen LogP contribution in [0.1, 0.15) is 206 Å². The van der Waals surface area contributed by atoms with Gasteiger partial charge in [-0.2, -0.15) is 0 Å². The van der Waals surface area contributed by atoms with Crippen LogP contribution in [0.3, 0.4) is 0 Å². The summed E-state index contributed by atoms with van der Waals surface area (Å²) in [6, 6.07) is 0. The molecule has 0 bridgehead atoms. The summed E-state index contributed by atoms with van der Waals surface area (Å²) in [4.78, 5) is 34.8. The Hall–Kier alpha value is -1.51. The molecule has 0 aliphatic rings. The standard InChI is InChI=1S/C43H82NO8P/c1-3-5-7-9-11-13-15-17-18-19-20-21-22-24-26-28-30-32-34-36-43(46)52-41(40-51-53(47,48)50-38-37-44)39-49-42(45)35-33-31-29-27-25-23-16-14-12-10-8-6-4-2/h14,16-18,41H,3-13,15,19-40,44H2,1-2H3,(H,47,48)/t41-/m1/s1. The topological polar surface area (TPSA) is 134 Å². The summed E-state index contributed by atoms with van der Waals surface area (Å²) in [5, 5.41) is 0. The lowest BCUT2D eigenvalue weighted by Gasteiger charge is -2.19. The predicted molar refractivity (Wildman–Crippen MR) is 220 cm³/mol. The highest BCUT2D eigenvalue weighted by Gasteiger charge is 2.26. The summed E-state index contributed by atoms with van der Waals surface area (Å²) in [6.07, 6.45) is 42.0. The second kappa shape index (κ2) is 40.2. The maximum atomic E-state index is 12.6. The summed E-state index contributed by atoms with van der Waals surface area (Å²) in [7, 11) is -4.37. The zero-order valence-corrected chi connectivity index (χ0v) is 35.2. The number of rotatable bonds is 41. The number of carbonyl (C=O) groups excluding carboxylic acids is 2. The van der Waals surface area contributed by atoms with Crippen molar-refractivity contribution in [2.75, 3.05) is 26.4 Å². The Morgan fingerprint density at radius 3 is 1.36 bits per heavy atom. The number of nitrogens with two attached hydrogens (primary N) is 1.